The molecule has 0 spiro atoms. The van der Waals surface area contributed by atoms with Crippen LogP contribution in [0.5, 0.6) is 0 Å². The summed E-state index contributed by atoms with van der Waals surface area (Å²) in [5, 5.41) is 3.29. The van der Waals surface area contributed by atoms with Gasteiger partial charge < -0.3 is 9.88 Å². The Kier molecular flexibility index (Phi) is 6.16. The van der Waals surface area contributed by atoms with Crippen LogP contribution in [-0.4, -0.2) is 16.5 Å². The molecule has 1 fully saturated rings. The van der Waals surface area contributed by atoms with Gasteiger partial charge in [0.25, 0.3) is 5.91 Å². The van der Waals surface area contributed by atoms with Crippen molar-refractivity contribution in [3.8, 4) is 16.9 Å². The fraction of sp³-hybridized carbons (Fsp3) is 0.414. The van der Waals surface area contributed by atoms with Crippen molar-refractivity contribution in [3.05, 3.63) is 77.5 Å². The summed E-state index contributed by atoms with van der Waals surface area (Å²) in [7, 11) is 0. The third-order valence-electron chi connectivity index (χ3n) is 7.44. The topological polar surface area (TPSA) is 34.0 Å². The number of nitrogens with one attached hydrogen (secondary N) is 1. The minimum absolute atomic E-state index is 0.0601. The Morgan fingerprint density at radius 1 is 0.875 bits per heavy atom. The highest BCUT2D eigenvalue weighted by molar-refractivity contribution is 5.94. The molecular weight excluding hydrogens is 392 g/mol. The second kappa shape index (κ2) is 9.36. The molecule has 3 aromatic rings. The molecule has 0 radical (unpaired) electrons. The van der Waals surface area contributed by atoms with E-state index in [-0.39, 0.29) is 5.91 Å². The molecule has 2 atom stereocenters. The number of hydrogen-bond acceptors (Lipinski definition) is 1. The van der Waals surface area contributed by atoms with Gasteiger partial charge in [0.2, 0.25) is 0 Å². The fourth-order valence-corrected chi connectivity index (χ4v) is 5.54. The Morgan fingerprint density at radius 3 is 2.41 bits per heavy atom. The normalized spacial score (nSPS) is 20.9. The fourth-order valence-electron chi connectivity index (χ4n) is 5.54. The van der Waals surface area contributed by atoms with Crippen LogP contribution >= 0.6 is 0 Å². The Morgan fingerprint density at radius 2 is 1.62 bits per heavy atom. The maximum absolute atomic E-state index is 12.9. The van der Waals surface area contributed by atoms with Gasteiger partial charge in [0, 0.05) is 23.0 Å². The van der Waals surface area contributed by atoms with Crippen LogP contribution in [0.3, 0.4) is 0 Å². The van der Waals surface area contributed by atoms with Gasteiger partial charge in [-0.25, -0.2) is 0 Å². The largest absolute Gasteiger partial charge is 0.349 e. The van der Waals surface area contributed by atoms with Crippen molar-refractivity contribution >= 4 is 5.91 Å². The number of fused-ring (bicyclic) bond motifs is 1. The number of benzene rings is 2. The highest BCUT2D eigenvalue weighted by atomic mass is 16.1. The van der Waals surface area contributed by atoms with Gasteiger partial charge in [-0.3, -0.25) is 4.79 Å². The third-order valence-corrected chi connectivity index (χ3v) is 7.44. The molecule has 0 saturated heterocycles. The van der Waals surface area contributed by atoms with Gasteiger partial charge in [0.05, 0.1) is 5.69 Å². The second-order valence-corrected chi connectivity index (χ2v) is 9.65. The maximum Gasteiger partial charge on any atom is 0.251 e. The van der Waals surface area contributed by atoms with Crippen molar-refractivity contribution < 1.29 is 4.79 Å². The number of amides is 1. The second-order valence-electron chi connectivity index (χ2n) is 9.65. The van der Waals surface area contributed by atoms with Crippen LogP contribution in [0.4, 0.5) is 0 Å². The molecule has 2 aliphatic rings. The zero-order valence-electron chi connectivity index (χ0n) is 19.1. The first-order chi connectivity index (χ1) is 15.7. The Bertz CT molecular complexity index is 1060. The molecule has 0 unspecified atom stereocenters. The monoisotopic (exact) mass is 426 g/mol. The Labute approximate surface area is 191 Å². The number of aromatic nitrogens is 1. The summed E-state index contributed by atoms with van der Waals surface area (Å²) < 4.78 is 2.43. The number of aryl methyl sites for hydroxylation is 1. The molecule has 1 heterocycles. The van der Waals surface area contributed by atoms with Crippen LogP contribution < -0.4 is 5.32 Å². The molecule has 32 heavy (non-hydrogen) atoms. The number of hydrogen-bond donors (Lipinski definition) is 1. The molecule has 166 valence electrons. The van der Waals surface area contributed by atoms with Crippen LogP contribution in [0, 0.1) is 5.92 Å². The van der Waals surface area contributed by atoms with Crippen LogP contribution in [0.25, 0.3) is 16.9 Å². The van der Waals surface area contributed by atoms with Crippen molar-refractivity contribution in [3.63, 3.8) is 0 Å². The molecule has 1 aromatic heterocycles. The van der Waals surface area contributed by atoms with Crippen LogP contribution in [0.15, 0.2) is 60.7 Å². The summed E-state index contributed by atoms with van der Waals surface area (Å²) in [5.74, 6) is 0.626. The van der Waals surface area contributed by atoms with E-state index in [1.54, 1.807) is 0 Å². The summed E-state index contributed by atoms with van der Waals surface area (Å²) in [6, 6.07) is 21.6. The predicted molar refractivity (Wildman–Crippen MR) is 131 cm³/mol. The van der Waals surface area contributed by atoms with Gasteiger partial charge in [-0.2, -0.15) is 0 Å². The van der Waals surface area contributed by atoms with Gasteiger partial charge in [0.15, 0.2) is 0 Å². The smallest absolute Gasteiger partial charge is 0.251 e. The molecule has 3 nitrogen and oxygen atoms in total. The van der Waals surface area contributed by atoms with E-state index in [9.17, 15) is 4.79 Å². The molecule has 2 aliphatic carbocycles. The number of nitrogens with zero attached hydrogens (tertiary/aromatic N) is 1. The summed E-state index contributed by atoms with van der Waals surface area (Å²) >= 11 is 0. The average molecular weight is 427 g/mol. The van der Waals surface area contributed by atoms with E-state index in [2.05, 4.69) is 65.3 Å². The number of carbonyl (C=O) groups is 1. The lowest BCUT2D eigenvalue weighted by Crippen LogP contribution is -2.41. The van der Waals surface area contributed by atoms with E-state index < -0.39 is 0 Å². The molecule has 1 N–H and O–H groups in total. The van der Waals surface area contributed by atoms with E-state index in [0.717, 1.165) is 30.5 Å². The van der Waals surface area contributed by atoms with Crippen molar-refractivity contribution in [1.82, 2.24) is 9.88 Å². The molecule has 1 amide bonds. The predicted octanol–water partition coefficient (Wildman–Crippen LogP) is 6.72. The first-order valence-corrected chi connectivity index (χ1v) is 12.4. The summed E-state index contributed by atoms with van der Waals surface area (Å²) in [6.45, 7) is 2.26. The Hall–Kier alpha value is -2.81. The highest BCUT2D eigenvalue weighted by Gasteiger charge is 2.24. The minimum atomic E-state index is 0.0601. The maximum atomic E-state index is 12.9. The first-order valence-electron chi connectivity index (χ1n) is 12.4. The molecule has 3 heteroatoms. The van der Waals surface area contributed by atoms with Gasteiger partial charge >= 0.3 is 0 Å². The molecular formula is C29H34N2O. The highest BCUT2D eigenvalue weighted by Crippen LogP contribution is 2.33. The Balaban J connectivity index is 1.46. The zero-order valence-corrected chi connectivity index (χ0v) is 19.1. The zero-order chi connectivity index (χ0) is 21.9. The minimum Gasteiger partial charge on any atom is -0.349 e. The van der Waals surface area contributed by atoms with Gasteiger partial charge in [-0.05, 0) is 85.9 Å². The quantitative estimate of drug-likeness (QED) is 0.462. The standard InChI is InChI=1S/C29H34N2O/c1-21-10-8-9-14-26(21)30-29(32)23-16-18-25(19-17-23)31-27-15-7-3-6-13-24(27)20-28(31)22-11-4-2-5-12-22/h2,4-5,11-12,16-21,26H,3,6-10,13-15H2,1H3,(H,30,32)/t21-,26+/m0/s1. The van der Waals surface area contributed by atoms with Gasteiger partial charge in [-0.1, -0.05) is 56.5 Å². The van der Waals surface area contributed by atoms with E-state index in [1.165, 1.54) is 61.0 Å². The molecule has 2 aromatic carbocycles. The third kappa shape index (κ3) is 4.26. The van der Waals surface area contributed by atoms with Crippen molar-refractivity contribution in [2.45, 2.75) is 70.8 Å². The first kappa shape index (κ1) is 21.1. The summed E-state index contributed by atoms with van der Waals surface area (Å²) in [5.41, 5.74) is 7.32. The lowest BCUT2D eigenvalue weighted by atomic mass is 9.86. The van der Waals surface area contributed by atoms with Gasteiger partial charge in [-0.15, -0.1) is 0 Å². The van der Waals surface area contributed by atoms with Crippen LogP contribution in [0.1, 0.15) is 73.5 Å². The number of rotatable bonds is 4. The molecule has 1 saturated carbocycles. The van der Waals surface area contributed by atoms with E-state index >= 15 is 0 Å². The SMILES string of the molecule is C[C@H]1CCCC[C@H]1NC(=O)c1ccc(-n2c(-c3ccccc3)cc3c2CCCCC3)cc1. The van der Waals surface area contributed by atoms with Crippen molar-refractivity contribution in [2.75, 3.05) is 0 Å². The summed E-state index contributed by atoms with van der Waals surface area (Å²) in [6.07, 6.45) is 10.9. The average Bonchev–Trinajstić information content (AvgIpc) is 3.03. The molecule has 5 rings (SSSR count). The lowest BCUT2D eigenvalue weighted by molar-refractivity contribution is 0.0910. The number of carbonyl (C=O) groups excluding carboxylic acids is 1. The van der Waals surface area contributed by atoms with Crippen LogP contribution in [-0.2, 0) is 12.8 Å². The van der Waals surface area contributed by atoms with Crippen molar-refractivity contribution in [1.29, 1.82) is 0 Å². The van der Waals surface area contributed by atoms with Crippen molar-refractivity contribution in [2.24, 2.45) is 5.92 Å². The van der Waals surface area contributed by atoms with Gasteiger partial charge in [0.1, 0.15) is 0 Å². The van der Waals surface area contributed by atoms with E-state index in [0.29, 0.717) is 12.0 Å². The molecule has 0 bridgehead atoms. The van der Waals surface area contributed by atoms with Crippen LogP contribution in [0.2, 0.25) is 0 Å². The summed E-state index contributed by atoms with van der Waals surface area (Å²) in [4.78, 5) is 12.9. The van der Waals surface area contributed by atoms with E-state index in [4.69, 9.17) is 0 Å². The molecule has 0 aliphatic heterocycles. The lowest BCUT2D eigenvalue weighted by Gasteiger charge is -2.29. The van der Waals surface area contributed by atoms with E-state index in [1.807, 2.05) is 12.1 Å².